The van der Waals surface area contributed by atoms with Crippen molar-refractivity contribution in [2.24, 2.45) is 5.73 Å². The smallest absolute Gasteiger partial charge is 0.481 e. The van der Waals surface area contributed by atoms with Crippen molar-refractivity contribution < 1.29 is 49.0 Å². The van der Waals surface area contributed by atoms with Gasteiger partial charge in [-0.25, -0.2) is 4.79 Å². The van der Waals surface area contributed by atoms with Crippen molar-refractivity contribution in [3.63, 3.8) is 0 Å². The van der Waals surface area contributed by atoms with Gasteiger partial charge in [-0.15, -0.1) is 0 Å². The summed E-state index contributed by atoms with van der Waals surface area (Å²) in [6, 6.07) is 6.21. The van der Waals surface area contributed by atoms with Crippen molar-refractivity contribution in [1.29, 1.82) is 0 Å². The number of hydrogen-bond acceptors (Lipinski definition) is 3. The van der Waals surface area contributed by atoms with Gasteiger partial charge in [0.05, 0.1) is 5.56 Å². The summed E-state index contributed by atoms with van der Waals surface area (Å²) in [6.45, 7) is -0.496. The van der Waals surface area contributed by atoms with E-state index in [1.165, 1.54) is 12.1 Å². The Labute approximate surface area is 109 Å². The SMILES string of the molecule is NC(=O)c1ccccc1OCC(=O)O.[Na+]. The molecule has 0 bridgehead atoms. The van der Waals surface area contributed by atoms with Gasteiger partial charge in [0, 0.05) is 0 Å². The topological polar surface area (TPSA) is 89.6 Å². The minimum Gasteiger partial charge on any atom is -0.481 e. The maximum Gasteiger partial charge on any atom is 1.00 e. The Kier molecular flexibility index (Phi) is 6.00. The molecule has 0 aliphatic rings. The molecule has 3 N–H and O–H groups in total. The number of amides is 1. The van der Waals surface area contributed by atoms with Crippen LogP contribution in [0.3, 0.4) is 0 Å². The Morgan fingerprint density at radius 3 is 2.47 bits per heavy atom. The van der Waals surface area contributed by atoms with Crippen LogP contribution in [0.25, 0.3) is 0 Å². The summed E-state index contributed by atoms with van der Waals surface area (Å²) in [6.07, 6.45) is 0. The summed E-state index contributed by atoms with van der Waals surface area (Å²) in [5.41, 5.74) is 5.23. The summed E-state index contributed by atoms with van der Waals surface area (Å²) < 4.78 is 4.86. The zero-order valence-electron chi connectivity index (χ0n) is 8.27. The number of aliphatic carboxylic acids is 1. The Morgan fingerprint density at radius 2 is 1.93 bits per heavy atom. The van der Waals surface area contributed by atoms with E-state index in [4.69, 9.17) is 15.6 Å². The van der Waals surface area contributed by atoms with E-state index in [9.17, 15) is 9.59 Å². The zero-order valence-corrected chi connectivity index (χ0v) is 10.3. The number of ether oxygens (including phenoxy) is 1. The molecule has 1 rings (SSSR count). The number of para-hydroxylation sites is 1. The van der Waals surface area contributed by atoms with Crippen LogP contribution in [0.2, 0.25) is 0 Å². The molecule has 0 atom stereocenters. The predicted octanol–water partition coefficient (Wildman–Crippen LogP) is -2.75. The van der Waals surface area contributed by atoms with E-state index in [2.05, 4.69) is 0 Å². The molecule has 15 heavy (non-hydrogen) atoms. The van der Waals surface area contributed by atoms with Crippen LogP contribution >= 0.6 is 0 Å². The number of carboxylic acid groups (broad SMARTS) is 1. The van der Waals surface area contributed by atoms with Gasteiger partial charge in [0.15, 0.2) is 6.61 Å². The third-order valence-corrected chi connectivity index (χ3v) is 1.50. The maximum absolute atomic E-state index is 10.9. The molecule has 0 unspecified atom stereocenters. The van der Waals surface area contributed by atoms with Crippen molar-refractivity contribution in [3.8, 4) is 5.75 Å². The number of carbonyl (C=O) groups is 2. The molecule has 5 nitrogen and oxygen atoms in total. The first-order valence-corrected chi connectivity index (χ1v) is 3.84. The van der Waals surface area contributed by atoms with E-state index >= 15 is 0 Å². The third-order valence-electron chi connectivity index (χ3n) is 1.50. The van der Waals surface area contributed by atoms with Gasteiger partial charge in [-0.05, 0) is 12.1 Å². The molecule has 0 aliphatic carbocycles. The van der Waals surface area contributed by atoms with E-state index in [-0.39, 0.29) is 40.9 Å². The molecule has 0 aliphatic heterocycles. The second-order valence-corrected chi connectivity index (χ2v) is 2.54. The van der Waals surface area contributed by atoms with Crippen LogP contribution in [0.4, 0.5) is 0 Å². The molecule has 0 spiro atoms. The van der Waals surface area contributed by atoms with Crippen LogP contribution in [0.15, 0.2) is 24.3 Å². The predicted molar refractivity (Wildman–Crippen MR) is 48.1 cm³/mol. The Morgan fingerprint density at radius 1 is 1.33 bits per heavy atom. The standard InChI is InChI=1S/C9H9NO4.Na/c10-9(13)6-3-1-2-4-7(6)14-5-8(11)12;/h1-4H,5H2,(H2,10,13)(H,11,12);/q;+1. The van der Waals surface area contributed by atoms with Crippen molar-refractivity contribution in [2.75, 3.05) is 6.61 Å². The molecule has 0 saturated heterocycles. The zero-order chi connectivity index (χ0) is 10.6. The van der Waals surface area contributed by atoms with Gasteiger partial charge in [0.25, 0.3) is 5.91 Å². The number of carbonyl (C=O) groups excluding carboxylic acids is 1. The Balaban J connectivity index is 0.00000196. The van der Waals surface area contributed by atoms with Gasteiger partial charge >= 0.3 is 35.5 Å². The number of carboxylic acids is 1. The van der Waals surface area contributed by atoms with Gasteiger partial charge in [-0.2, -0.15) is 0 Å². The molecular formula is C9H9NNaO4+. The first-order valence-electron chi connectivity index (χ1n) is 3.84. The third kappa shape index (κ3) is 4.33. The van der Waals surface area contributed by atoms with E-state index in [1.54, 1.807) is 12.1 Å². The summed E-state index contributed by atoms with van der Waals surface area (Å²) in [5.74, 6) is -1.57. The second-order valence-electron chi connectivity index (χ2n) is 2.54. The average molecular weight is 218 g/mol. The van der Waals surface area contributed by atoms with E-state index in [0.717, 1.165) is 0 Å². The molecule has 74 valence electrons. The number of rotatable bonds is 4. The van der Waals surface area contributed by atoms with Gasteiger partial charge in [0.1, 0.15) is 5.75 Å². The first-order chi connectivity index (χ1) is 6.61. The van der Waals surface area contributed by atoms with Crippen molar-refractivity contribution in [3.05, 3.63) is 29.8 Å². The van der Waals surface area contributed by atoms with Crippen molar-refractivity contribution in [2.45, 2.75) is 0 Å². The number of nitrogens with two attached hydrogens (primary N) is 1. The summed E-state index contributed by atoms with van der Waals surface area (Å²) in [5, 5.41) is 8.36. The Bertz CT molecular complexity index is 367. The molecule has 1 aromatic rings. The average Bonchev–Trinajstić information content (AvgIpc) is 2.15. The monoisotopic (exact) mass is 218 g/mol. The normalized spacial score (nSPS) is 8.80. The molecule has 1 aromatic carbocycles. The van der Waals surface area contributed by atoms with Crippen LogP contribution in [0.1, 0.15) is 10.4 Å². The Hall–Kier alpha value is -1.04. The maximum atomic E-state index is 10.9. The first kappa shape index (κ1) is 14.0. The quantitative estimate of drug-likeness (QED) is 0.536. The molecule has 0 radical (unpaired) electrons. The number of primary amides is 1. The van der Waals surface area contributed by atoms with E-state index in [1.807, 2.05) is 0 Å². The fraction of sp³-hybridized carbons (Fsp3) is 0.111. The molecule has 0 heterocycles. The molecule has 0 fully saturated rings. The minimum absolute atomic E-state index is 0. The van der Waals surface area contributed by atoms with Crippen LogP contribution in [-0.2, 0) is 4.79 Å². The largest absolute Gasteiger partial charge is 1.00 e. The van der Waals surface area contributed by atoms with Gasteiger partial charge in [0.2, 0.25) is 0 Å². The fourth-order valence-electron chi connectivity index (χ4n) is 0.936. The molecule has 1 amide bonds. The molecule has 0 saturated carbocycles. The molecule has 0 aromatic heterocycles. The minimum atomic E-state index is -1.11. The van der Waals surface area contributed by atoms with Gasteiger partial charge in [-0.1, -0.05) is 12.1 Å². The van der Waals surface area contributed by atoms with Crippen LogP contribution in [0.5, 0.6) is 5.75 Å². The summed E-state index contributed by atoms with van der Waals surface area (Å²) in [7, 11) is 0. The fourth-order valence-corrected chi connectivity index (χ4v) is 0.936. The molecular weight excluding hydrogens is 209 g/mol. The van der Waals surface area contributed by atoms with E-state index < -0.39 is 18.5 Å². The summed E-state index contributed by atoms with van der Waals surface area (Å²) >= 11 is 0. The van der Waals surface area contributed by atoms with Crippen molar-refractivity contribution in [1.82, 2.24) is 0 Å². The van der Waals surface area contributed by atoms with Crippen LogP contribution < -0.4 is 40.0 Å². The second kappa shape index (κ2) is 6.44. The van der Waals surface area contributed by atoms with Crippen LogP contribution in [0, 0.1) is 0 Å². The van der Waals surface area contributed by atoms with E-state index in [0.29, 0.717) is 0 Å². The molecule has 6 heteroatoms. The van der Waals surface area contributed by atoms with Gasteiger partial charge in [-0.3, -0.25) is 4.79 Å². The number of hydrogen-bond donors (Lipinski definition) is 2. The van der Waals surface area contributed by atoms with Crippen LogP contribution in [-0.4, -0.2) is 23.6 Å². The van der Waals surface area contributed by atoms with Gasteiger partial charge < -0.3 is 15.6 Å². The summed E-state index contributed by atoms with van der Waals surface area (Å²) in [4.78, 5) is 21.1. The number of benzene rings is 1. The van der Waals surface area contributed by atoms with Crippen molar-refractivity contribution >= 4 is 11.9 Å².